The zero-order valence-corrected chi connectivity index (χ0v) is 17.4. The van der Waals surface area contributed by atoms with Crippen molar-refractivity contribution >= 4 is 15.7 Å². The van der Waals surface area contributed by atoms with Crippen molar-refractivity contribution in [1.29, 1.82) is 0 Å². The number of halogens is 3. The number of nitrogens with zero attached hydrogens (tertiary/aromatic N) is 3. The van der Waals surface area contributed by atoms with Crippen LogP contribution in [-0.4, -0.2) is 29.0 Å². The number of tetrazole rings is 1. The van der Waals surface area contributed by atoms with Crippen molar-refractivity contribution in [3.05, 3.63) is 77.9 Å². The van der Waals surface area contributed by atoms with E-state index in [4.69, 9.17) is 0 Å². The molecule has 32 heavy (non-hydrogen) atoms. The molecule has 2 N–H and O–H groups in total. The molecule has 164 valence electrons. The van der Waals surface area contributed by atoms with Crippen LogP contribution in [0.1, 0.15) is 11.1 Å². The highest BCUT2D eigenvalue weighted by molar-refractivity contribution is 7.92. The van der Waals surface area contributed by atoms with E-state index in [0.717, 1.165) is 17.7 Å². The number of nitrogens with one attached hydrogen (secondary N) is 2. The fourth-order valence-corrected chi connectivity index (χ4v) is 4.17. The fraction of sp³-hybridized carbons (Fsp3) is 0.0952. The van der Waals surface area contributed by atoms with Gasteiger partial charge in [-0.15, -0.1) is 10.2 Å². The van der Waals surface area contributed by atoms with Gasteiger partial charge in [-0.3, -0.25) is 4.72 Å². The normalized spacial score (nSPS) is 12.0. The standard InChI is InChI=1S/C21H16F3N5O2S/c1-13-2-11-19(18(12-13)20-25-28-29-26-20)27-32(30,31)17-9-5-15(6-10-17)14-3-7-16(8-4-14)21(22,23)24/h2-12,27H,1H3,(H,25,26,28,29). The smallest absolute Gasteiger partial charge is 0.279 e. The van der Waals surface area contributed by atoms with Gasteiger partial charge in [-0.2, -0.15) is 18.4 Å². The minimum atomic E-state index is -4.42. The zero-order chi connectivity index (χ0) is 22.9. The fourth-order valence-electron chi connectivity index (χ4n) is 3.09. The summed E-state index contributed by atoms with van der Waals surface area (Å²) in [6.45, 7) is 1.85. The molecule has 11 heteroatoms. The van der Waals surface area contributed by atoms with E-state index in [0.29, 0.717) is 16.7 Å². The second-order valence-electron chi connectivity index (χ2n) is 6.99. The number of aromatic nitrogens is 4. The Hall–Kier alpha value is -3.73. The first kappa shape index (κ1) is 21.5. The van der Waals surface area contributed by atoms with Crippen LogP contribution in [0.25, 0.3) is 22.5 Å². The SMILES string of the molecule is Cc1ccc(NS(=O)(=O)c2ccc(-c3ccc(C(F)(F)F)cc3)cc2)c(-c2nn[nH]n2)c1. The highest BCUT2D eigenvalue weighted by atomic mass is 32.2. The van der Waals surface area contributed by atoms with Crippen LogP contribution in [0.2, 0.25) is 0 Å². The van der Waals surface area contributed by atoms with Crippen molar-refractivity contribution in [1.82, 2.24) is 20.6 Å². The predicted molar refractivity (Wildman–Crippen MR) is 112 cm³/mol. The molecule has 7 nitrogen and oxygen atoms in total. The molecular formula is C21H16F3N5O2S. The molecule has 0 atom stereocenters. The van der Waals surface area contributed by atoms with E-state index in [9.17, 15) is 21.6 Å². The van der Waals surface area contributed by atoms with Crippen LogP contribution < -0.4 is 4.72 Å². The predicted octanol–water partition coefficient (Wildman–Crippen LogP) is 4.66. The van der Waals surface area contributed by atoms with Crippen molar-refractivity contribution < 1.29 is 21.6 Å². The van der Waals surface area contributed by atoms with Crippen LogP contribution in [0.4, 0.5) is 18.9 Å². The quantitative estimate of drug-likeness (QED) is 0.452. The molecular weight excluding hydrogens is 443 g/mol. The van der Waals surface area contributed by atoms with Crippen LogP contribution in [-0.2, 0) is 16.2 Å². The largest absolute Gasteiger partial charge is 0.416 e. The first-order chi connectivity index (χ1) is 15.1. The number of hydrogen-bond acceptors (Lipinski definition) is 5. The molecule has 4 aromatic rings. The number of anilines is 1. The number of benzene rings is 3. The lowest BCUT2D eigenvalue weighted by Gasteiger charge is -2.12. The third kappa shape index (κ3) is 4.47. The van der Waals surface area contributed by atoms with Crippen molar-refractivity contribution in [3.63, 3.8) is 0 Å². The Kier molecular flexibility index (Phi) is 5.43. The number of rotatable bonds is 5. The zero-order valence-electron chi connectivity index (χ0n) is 16.6. The van der Waals surface area contributed by atoms with Crippen LogP contribution in [0.3, 0.4) is 0 Å². The van der Waals surface area contributed by atoms with Crippen molar-refractivity contribution in [3.8, 4) is 22.5 Å². The van der Waals surface area contributed by atoms with Crippen LogP contribution in [0.5, 0.6) is 0 Å². The minimum Gasteiger partial charge on any atom is -0.279 e. The van der Waals surface area contributed by atoms with E-state index in [1.165, 1.54) is 36.4 Å². The molecule has 0 radical (unpaired) electrons. The summed E-state index contributed by atoms with van der Waals surface area (Å²) in [5.41, 5.74) is 2.00. The van der Waals surface area contributed by atoms with Gasteiger partial charge in [0.2, 0.25) is 5.82 Å². The van der Waals surface area contributed by atoms with Gasteiger partial charge in [0.05, 0.1) is 16.1 Å². The van der Waals surface area contributed by atoms with Gasteiger partial charge in [0.15, 0.2) is 0 Å². The lowest BCUT2D eigenvalue weighted by atomic mass is 10.0. The molecule has 0 aliphatic rings. The van der Waals surface area contributed by atoms with Gasteiger partial charge in [0.1, 0.15) is 0 Å². The Morgan fingerprint density at radius 3 is 2.09 bits per heavy atom. The van der Waals surface area contributed by atoms with Gasteiger partial charge < -0.3 is 0 Å². The number of alkyl halides is 3. The third-order valence-electron chi connectivity index (χ3n) is 4.72. The first-order valence-electron chi connectivity index (χ1n) is 9.28. The minimum absolute atomic E-state index is 0.00667. The molecule has 0 spiro atoms. The Balaban J connectivity index is 1.60. The maximum atomic E-state index is 12.9. The van der Waals surface area contributed by atoms with Crippen LogP contribution in [0, 0.1) is 6.92 Å². The highest BCUT2D eigenvalue weighted by Crippen LogP contribution is 2.32. The third-order valence-corrected chi connectivity index (χ3v) is 6.10. The monoisotopic (exact) mass is 459 g/mol. The Labute approximate surface area is 181 Å². The van der Waals surface area contributed by atoms with E-state index in [1.54, 1.807) is 18.2 Å². The number of H-pyrrole nitrogens is 1. The summed E-state index contributed by atoms with van der Waals surface area (Å²) in [5.74, 6) is 0.240. The number of aromatic amines is 1. The van der Waals surface area contributed by atoms with E-state index in [-0.39, 0.29) is 16.4 Å². The molecule has 4 rings (SSSR count). The lowest BCUT2D eigenvalue weighted by Crippen LogP contribution is -2.13. The Morgan fingerprint density at radius 1 is 0.906 bits per heavy atom. The molecule has 3 aromatic carbocycles. The molecule has 1 aromatic heterocycles. The highest BCUT2D eigenvalue weighted by Gasteiger charge is 2.30. The summed E-state index contributed by atoms with van der Waals surface area (Å²) >= 11 is 0. The first-order valence-corrected chi connectivity index (χ1v) is 10.8. The number of aryl methyl sites for hydroxylation is 1. The van der Waals surface area contributed by atoms with Gasteiger partial charge in [-0.1, -0.05) is 35.9 Å². The molecule has 0 unspecified atom stereocenters. The molecule has 0 bridgehead atoms. The van der Waals surface area contributed by atoms with Crippen molar-refractivity contribution in [2.75, 3.05) is 4.72 Å². The Morgan fingerprint density at radius 2 is 1.53 bits per heavy atom. The summed E-state index contributed by atoms with van der Waals surface area (Å²) in [6, 6.07) is 15.6. The van der Waals surface area contributed by atoms with Gasteiger partial charge in [0.25, 0.3) is 10.0 Å². The Bertz CT molecular complexity index is 1340. The molecule has 0 aliphatic carbocycles. The maximum absolute atomic E-state index is 12.9. The van der Waals surface area contributed by atoms with E-state index >= 15 is 0 Å². The van der Waals surface area contributed by atoms with Crippen molar-refractivity contribution in [2.24, 2.45) is 0 Å². The van der Waals surface area contributed by atoms with Gasteiger partial charge >= 0.3 is 6.18 Å². The molecule has 0 amide bonds. The maximum Gasteiger partial charge on any atom is 0.416 e. The number of hydrogen-bond donors (Lipinski definition) is 2. The van der Waals surface area contributed by atoms with Gasteiger partial charge in [-0.25, -0.2) is 8.42 Å². The van der Waals surface area contributed by atoms with Gasteiger partial charge in [-0.05, 0) is 59.7 Å². The van der Waals surface area contributed by atoms with E-state index in [1.807, 2.05) is 6.92 Å². The molecule has 0 fully saturated rings. The topological polar surface area (TPSA) is 101 Å². The average Bonchev–Trinajstić information content (AvgIpc) is 3.29. The average molecular weight is 459 g/mol. The second kappa shape index (κ2) is 8.08. The number of sulfonamides is 1. The van der Waals surface area contributed by atoms with Gasteiger partial charge in [0, 0.05) is 5.56 Å². The lowest BCUT2D eigenvalue weighted by molar-refractivity contribution is -0.137. The summed E-state index contributed by atoms with van der Waals surface area (Å²) in [7, 11) is -3.95. The van der Waals surface area contributed by atoms with Crippen LogP contribution in [0.15, 0.2) is 71.6 Å². The summed E-state index contributed by atoms with van der Waals surface area (Å²) in [6.07, 6.45) is -4.42. The summed E-state index contributed by atoms with van der Waals surface area (Å²) in [5, 5.41) is 13.6. The summed E-state index contributed by atoms with van der Waals surface area (Å²) in [4.78, 5) is -0.00667. The van der Waals surface area contributed by atoms with E-state index < -0.39 is 21.8 Å². The second-order valence-corrected chi connectivity index (χ2v) is 8.67. The summed E-state index contributed by atoms with van der Waals surface area (Å²) < 4.78 is 66.6. The van der Waals surface area contributed by atoms with E-state index in [2.05, 4.69) is 25.3 Å². The molecule has 0 saturated carbocycles. The molecule has 0 aliphatic heterocycles. The van der Waals surface area contributed by atoms with Crippen molar-refractivity contribution in [2.45, 2.75) is 18.0 Å². The van der Waals surface area contributed by atoms with Crippen LogP contribution >= 0.6 is 0 Å². The molecule has 1 heterocycles. The molecule has 0 saturated heterocycles.